The Morgan fingerprint density at radius 2 is 1.77 bits per heavy atom. The zero-order valence-electron chi connectivity index (χ0n) is 15.8. The number of hydrogen-bond donors (Lipinski definition) is 2. The molecule has 8 nitrogen and oxygen atoms in total. The predicted molar refractivity (Wildman–Crippen MR) is 116 cm³/mol. The van der Waals surface area contributed by atoms with Crippen LogP contribution in [-0.4, -0.2) is 27.9 Å². The summed E-state index contributed by atoms with van der Waals surface area (Å²) in [6, 6.07) is 13.4. The van der Waals surface area contributed by atoms with Crippen molar-refractivity contribution < 1.29 is 8.42 Å². The highest BCUT2D eigenvalue weighted by atomic mass is 35.5. The van der Waals surface area contributed by atoms with E-state index in [0.29, 0.717) is 27.9 Å². The Morgan fingerprint density at radius 3 is 2.50 bits per heavy atom. The van der Waals surface area contributed by atoms with Crippen molar-refractivity contribution in [1.29, 1.82) is 0 Å². The fourth-order valence-electron chi connectivity index (χ4n) is 2.79. The van der Waals surface area contributed by atoms with Crippen LogP contribution in [0, 0.1) is 6.92 Å². The van der Waals surface area contributed by atoms with Gasteiger partial charge in [-0.1, -0.05) is 17.7 Å². The summed E-state index contributed by atoms with van der Waals surface area (Å²) in [6.45, 7) is 1.72. The summed E-state index contributed by atoms with van der Waals surface area (Å²) >= 11 is 5.95. The number of hydrogen-bond acceptors (Lipinski definition) is 6. The number of nitrogens with zero attached hydrogens (tertiary/aromatic N) is 4. The van der Waals surface area contributed by atoms with Gasteiger partial charge in [0.15, 0.2) is 0 Å². The Labute approximate surface area is 178 Å². The second-order valence-corrected chi connectivity index (χ2v) is 8.54. The third-order valence-electron chi connectivity index (χ3n) is 4.27. The third kappa shape index (κ3) is 4.42. The van der Waals surface area contributed by atoms with E-state index in [1.807, 2.05) is 0 Å². The summed E-state index contributed by atoms with van der Waals surface area (Å²) in [5, 5.41) is 3.53. The zero-order chi connectivity index (χ0) is 21.1. The van der Waals surface area contributed by atoms with E-state index >= 15 is 0 Å². The number of aromatic nitrogens is 4. The summed E-state index contributed by atoms with van der Waals surface area (Å²) in [6.07, 6.45) is 6.55. The van der Waals surface area contributed by atoms with Gasteiger partial charge in [0.05, 0.1) is 4.90 Å². The molecule has 0 amide bonds. The van der Waals surface area contributed by atoms with Crippen LogP contribution >= 0.6 is 11.6 Å². The van der Waals surface area contributed by atoms with E-state index in [2.05, 4.69) is 25.0 Å². The van der Waals surface area contributed by atoms with Crippen molar-refractivity contribution in [3.05, 3.63) is 84.2 Å². The Morgan fingerprint density at radius 1 is 1.00 bits per heavy atom. The minimum absolute atomic E-state index is 0.144. The molecule has 0 aliphatic heterocycles. The van der Waals surface area contributed by atoms with Crippen molar-refractivity contribution in [3.8, 4) is 5.82 Å². The number of halogens is 1. The van der Waals surface area contributed by atoms with Crippen molar-refractivity contribution in [2.45, 2.75) is 11.8 Å². The molecule has 10 heteroatoms. The summed E-state index contributed by atoms with van der Waals surface area (Å²) in [5.74, 6) is 1.27. The molecule has 0 spiro atoms. The lowest BCUT2D eigenvalue weighted by molar-refractivity contribution is 0.600. The first-order chi connectivity index (χ1) is 14.4. The fourth-order valence-corrected chi connectivity index (χ4v) is 4.36. The van der Waals surface area contributed by atoms with Crippen molar-refractivity contribution in [3.63, 3.8) is 0 Å². The second kappa shape index (κ2) is 8.13. The Balaban J connectivity index is 1.50. The molecule has 4 rings (SSSR count). The van der Waals surface area contributed by atoms with Crippen LogP contribution in [0.3, 0.4) is 0 Å². The van der Waals surface area contributed by atoms with E-state index in [-0.39, 0.29) is 4.90 Å². The van der Waals surface area contributed by atoms with Gasteiger partial charge in [-0.2, -0.15) is 0 Å². The third-order valence-corrected chi connectivity index (χ3v) is 6.03. The minimum atomic E-state index is -3.75. The molecule has 2 aromatic carbocycles. The number of benzene rings is 2. The number of imidazole rings is 1. The van der Waals surface area contributed by atoms with Crippen LogP contribution in [0.15, 0.2) is 78.5 Å². The van der Waals surface area contributed by atoms with Crippen LogP contribution in [-0.2, 0) is 10.0 Å². The molecule has 2 heterocycles. The van der Waals surface area contributed by atoms with E-state index in [9.17, 15) is 8.42 Å². The number of nitrogens with one attached hydrogen (secondary N) is 2. The van der Waals surface area contributed by atoms with Gasteiger partial charge in [0, 0.05) is 34.9 Å². The highest BCUT2D eigenvalue weighted by Gasteiger charge is 2.17. The Bertz CT molecular complexity index is 1280. The summed E-state index contributed by atoms with van der Waals surface area (Å²) < 4.78 is 29.7. The molecule has 2 aromatic heterocycles. The highest BCUT2D eigenvalue weighted by molar-refractivity contribution is 7.92. The maximum absolute atomic E-state index is 12.7. The summed E-state index contributed by atoms with van der Waals surface area (Å²) in [7, 11) is -3.75. The van der Waals surface area contributed by atoms with E-state index in [0.717, 1.165) is 5.69 Å². The first-order valence-electron chi connectivity index (χ1n) is 8.87. The topological polar surface area (TPSA) is 102 Å². The number of anilines is 3. The first kappa shape index (κ1) is 19.9. The van der Waals surface area contributed by atoms with Crippen LogP contribution in [0.4, 0.5) is 17.2 Å². The van der Waals surface area contributed by atoms with E-state index < -0.39 is 10.0 Å². The quantitative estimate of drug-likeness (QED) is 0.466. The van der Waals surface area contributed by atoms with Gasteiger partial charge in [-0.15, -0.1) is 0 Å². The van der Waals surface area contributed by atoms with Gasteiger partial charge >= 0.3 is 0 Å². The second-order valence-electron chi connectivity index (χ2n) is 6.45. The standard InChI is InChI=1S/C20H17ClN6O2S/c1-14-2-3-15(21)10-18(14)30(28,29)26-17-6-4-16(5-7-17)25-19-11-20(24-12-23-19)27-9-8-22-13-27/h2-13,26H,1H3,(H,23,24,25). The molecule has 152 valence electrons. The molecule has 4 aromatic rings. The van der Waals surface area contributed by atoms with Crippen LogP contribution in [0.1, 0.15) is 5.56 Å². The van der Waals surface area contributed by atoms with Crippen LogP contribution < -0.4 is 10.0 Å². The number of rotatable bonds is 6. The summed E-state index contributed by atoms with van der Waals surface area (Å²) in [5.41, 5.74) is 1.79. The lowest BCUT2D eigenvalue weighted by atomic mass is 10.2. The Hall–Kier alpha value is -3.43. The first-order valence-corrected chi connectivity index (χ1v) is 10.7. The summed E-state index contributed by atoms with van der Waals surface area (Å²) in [4.78, 5) is 12.6. The molecule has 0 atom stereocenters. The van der Waals surface area contributed by atoms with Gasteiger partial charge in [0.2, 0.25) is 0 Å². The van der Waals surface area contributed by atoms with Crippen LogP contribution in [0.2, 0.25) is 5.02 Å². The Kier molecular flexibility index (Phi) is 5.39. The molecule has 0 saturated carbocycles. The molecule has 0 unspecified atom stereocenters. The molecule has 0 aliphatic rings. The van der Waals surface area contributed by atoms with Gasteiger partial charge in [0.25, 0.3) is 10.0 Å². The SMILES string of the molecule is Cc1ccc(Cl)cc1S(=O)(=O)Nc1ccc(Nc2cc(-n3ccnc3)ncn2)cc1. The lowest BCUT2D eigenvalue weighted by Gasteiger charge is -2.12. The van der Waals surface area contributed by atoms with Crippen molar-refractivity contribution in [1.82, 2.24) is 19.5 Å². The van der Waals surface area contributed by atoms with Crippen molar-refractivity contribution in [2.75, 3.05) is 10.0 Å². The smallest absolute Gasteiger partial charge is 0.262 e. The number of aryl methyl sites for hydroxylation is 1. The van der Waals surface area contributed by atoms with Gasteiger partial charge in [-0.3, -0.25) is 9.29 Å². The molecule has 0 fully saturated rings. The molecule has 0 saturated heterocycles. The van der Waals surface area contributed by atoms with E-state index in [1.54, 1.807) is 72.7 Å². The van der Waals surface area contributed by atoms with Crippen molar-refractivity contribution >= 4 is 38.8 Å². The highest BCUT2D eigenvalue weighted by Crippen LogP contribution is 2.24. The van der Waals surface area contributed by atoms with Gasteiger partial charge in [0.1, 0.15) is 24.3 Å². The van der Waals surface area contributed by atoms with Crippen LogP contribution in [0.25, 0.3) is 5.82 Å². The largest absolute Gasteiger partial charge is 0.340 e. The number of sulfonamides is 1. The maximum Gasteiger partial charge on any atom is 0.262 e. The molecule has 2 N–H and O–H groups in total. The molecule has 0 aliphatic carbocycles. The molecule has 30 heavy (non-hydrogen) atoms. The monoisotopic (exact) mass is 440 g/mol. The fraction of sp³-hybridized carbons (Fsp3) is 0.0500. The van der Waals surface area contributed by atoms with Gasteiger partial charge < -0.3 is 5.32 Å². The van der Waals surface area contributed by atoms with Gasteiger partial charge in [-0.05, 0) is 48.9 Å². The van der Waals surface area contributed by atoms with E-state index in [4.69, 9.17) is 11.6 Å². The van der Waals surface area contributed by atoms with Gasteiger partial charge in [-0.25, -0.2) is 23.4 Å². The molecule has 0 bridgehead atoms. The van der Waals surface area contributed by atoms with Crippen molar-refractivity contribution in [2.24, 2.45) is 0 Å². The average molecular weight is 441 g/mol. The normalized spacial score (nSPS) is 11.3. The minimum Gasteiger partial charge on any atom is -0.340 e. The maximum atomic E-state index is 12.7. The lowest BCUT2D eigenvalue weighted by Crippen LogP contribution is -2.14. The predicted octanol–water partition coefficient (Wildman–Crippen LogP) is 4.17. The molecular weight excluding hydrogens is 424 g/mol. The van der Waals surface area contributed by atoms with E-state index in [1.165, 1.54) is 12.4 Å². The molecular formula is C20H17ClN6O2S. The zero-order valence-corrected chi connectivity index (χ0v) is 17.4. The molecule has 0 radical (unpaired) electrons. The van der Waals surface area contributed by atoms with Crippen LogP contribution in [0.5, 0.6) is 0 Å². The average Bonchev–Trinajstić information content (AvgIpc) is 3.26.